The third-order valence-electron chi connectivity index (χ3n) is 13.1. The lowest BCUT2D eigenvalue weighted by molar-refractivity contribution is 0.952. The van der Waals surface area contributed by atoms with E-state index in [0.717, 1.165) is 106 Å². The molecule has 0 spiro atoms. The van der Waals surface area contributed by atoms with Gasteiger partial charge >= 0.3 is 0 Å². The van der Waals surface area contributed by atoms with Gasteiger partial charge in [-0.05, 0) is 66.9 Å². The van der Waals surface area contributed by atoms with Crippen LogP contribution in [0.5, 0.6) is 0 Å². The fraction of sp³-hybridized carbons (Fsp3) is 0.0357. The van der Waals surface area contributed by atoms with Crippen LogP contribution in [0.1, 0.15) is 28.8 Å². The second-order valence-electron chi connectivity index (χ2n) is 16.1. The molecule has 0 saturated carbocycles. The van der Waals surface area contributed by atoms with Gasteiger partial charge in [0.1, 0.15) is 12.1 Å². The SMILES string of the molecule is N#Cc1c(C#N)c(-n2c3ccccc3c3ccccc32)c(-n2c3ccccc3c3ccccc32)c(-n2c3ccccc3c3ccccc32)c1-n1c2c(c3ccccc31)CCC=C2. The van der Waals surface area contributed by atoms with Gasteiger partial charge in [-0.1, -0.05) is 133 Å². The van der Waals surface area contributed by atoms with Crippen LogP contribution in [0.4, 0.5) is 0 Å². The summed E-state index contributed by atoms with van der Waals surface area (Å²) in [6.07, 6.45) is 6.24. The number of benzene rings is 8. The third-order valence-corrected chi connectivity index (χ3v) is 13.1. The molecule has 0 amide bonds. The molecule has 1 aliphatic carbocycles. The molecule has 4 aromatic heterocycles. The van der Waals surface area contributed by atoms with Gasteiger partial charge in [-0.15, -0.1) is 0 Å². The van der Waals surface area contributed by atoms with Crippen molar-refractivity contribution in [1.82, 2.24) is 18.3 Å². The van der Waals surface area contributed by atoms with E-state index >= 15 is 0 Å². The van der Waals surface area contributed by atoms with Crippen LogP contribution in [0.2, 0.25) is 0 Å². The van der Waals surface area contributed by atoms with Crippen molar-refractivity contribution in [2.75, 3.05) is 0 Å². The Morgan fingerprint density at radius 3 is 0.984 bits per heavy atom. The quantitative estimate of drug-likeness (QED) is 0.178. The van der Waals surface area contributed by atoms with Gasteiger partial charge in [0.05, 0.1) is 72.5 Å². The second-order valence-corrected chi connectivity index (χ2v) is 16.1. The summed E-state index contributed by atoms with van der Waals surface area (Å²) in [5.41, 5.74) is 12.7. The van der Waals surface area contributed by atoms with E-state index in [1.807, 2.05) is 0 Å². The minimum absolute atomic E-state index is 0.307. The van der Waals surface area contributed by atoms with Gasteiger partial charge < -0.3 is 18.3 Å². The summed E-state index contributed by atoms with van der Waals surface area (Å²) in [7, 11) is 0. The van der Waals surface area contributed by atoms with Crippen LogP contribution in [-0.4, -0.2) is 18.3 Å². The molecular weight excluding hydrogens is 757 g/mol. The molecule has 0 aliphatic heterocycles. The second kappa shape index (κ2) is 13.0. The zero-order chi connectivity index (χ0) is 41.1. The lowest BCUT2D eigenvalue weighted by atomic mass is 9.97. The van der Waals surface area contributed by atoms with Crippen molar-refractivity contribution in [2.24, 2.45) is 0 Å². The Labute approximate surface area is 355 Å². The van der Waals surface area contributed by atoms with Gasteiger partial charge in [0.15, 0.2) is 0 Å². The number of rotatable bonds is 4. The molecule has 288 valence electrons. The Morgan fingerprint density at radius 2 is 0.629 bits per heavy atom. The standard InChI is InChI=1S/C56H34N6/c57-33-43-44(34-58)54(60-47-27-11-3-19-37(47)38-20-4-12-28-48(38)60)56(62-51-31-15-7-23-41(51)42-24-8-16-32-52(42)62)55(61-49-29-13-5-21-39(49)40-22-6-14-30-50(40)61)53(43)59-45-25-9-1-17-35(45)36-18-2-10-26-46(36)59/h1-3,5-19,21-32H,4,20H2. The molecule has 1 aliphatic rings. The van der Waals surface area contributed by atoms with Gasteiger partial charge in [-0.2, -0.15) is 10.5 Å². The number of nitriles is 2. The molecule has 8 aromatic carbocycles. The number of hydrogen-bond donors (Lipinski definition) is 0. The van der Waals surface area contributed by atoms with Crippen molar-refractivity contribution in [2.45, 2.75) is 12.8 Å². The molecule has 6 nitrogen and oxygen atoms in total. The first kappa shape index (κ1) is 34.3. The molecule has 0 radical (unpaired) electrons. The fourth-order valence-electron chi connectivity index (χ4n) is 10.7. The van der Waals surface area contributed by atoms with E-state index in [0.29, 0.717) is 22.5 Å². The normalized spacial score (nSPS) is 12.6. The van der Waals surface area contributed by atoms with E-state index in [1.165, 1.54) is 5.56 Å². The molecule has 13 rings (SSSR count). The maximum absolute atomic E-state index is 11.9. The Balaban J connectivity index is 1.40. The van der Waals surface area contributed by atoms with Gasteiger partial charge in [-0.3, -0.25) is 0 Å². The van der Waals surface area contributed by atoms with Crippen LogP contribution in [0.15, 0.2) is 176 Å². The topological polar surface area (TPSA) is 67.3 Å². The molecule has 0 saturated heterocycles. The average Bonchev–Trinajstić information content (AvgIpc) is 4.06. The summed E-state index contributed by atoms with van der Waals surface area (Å²) in [5, 5.41) is 31.5. The number of nitrogens with zero attached hydrogens (tertiary/aromatic N) is 6. The summed E-state index contributed by atoms with van der Waals surface area (Å²) < 4.78 is 9.26. The number of hydrogen-bond acceptors (Lipinski definition) is 2. The zero-order valence-corrected chi connectivity index (χ0v) is 33.4. The molecule has 4 heterocycles. The molecule has 0 bridgehead atoms. The van der Waals surface area contributed by atoms with Crippen LogP contribution in [0.3, 0.4) is 0 Å². The molecular formula is C56H34N6. The Bertz CT molecular complexity index is 3860. The van der Waals surface area contributed by atoms with Crippen molar-refractivity contribution < 1.29 is 0 Å². The summed E-state index contributed by atoms with van der Waals surface area (Å²) >= 11 is 0. The largest absolute Gasteiger partial charge is 0.306 e. The van der Waals surface area contributed by atoms with Crippen LogP contribution < -0.4 is 0 Å². The Morgan fingerprint density at radius 1 is 0.339 bits per heavy atom. The summed E-state index contributed by atoms with van der Waals surface area (Å²) in [4.78, 5) is 0. The number of fused-ring (bicyclic) bond motifs is 12. The molecule has 12 aromatic rings. The number of aromatic nitrogens is 4. The van der Waals surface area contributed by atoms with Gasteiger partial charge in [0.25, 0.3) is 0 Å². The van der Waals surface area contributed by atoms with E-state index in [9.17, 15) is 10.5 Å². The van der Waals surface area contributed by atoms with Crippen LogP contribution >= 0.6 is 0 Å². The third kappa shape index (κ3) is 4.45. The summed E-state index contributed by atoms with van der Waals surface area (Å²) in [5.74, 6) is 0. The average molecular weight is 791 g/mol. The molecule has 0 unspecified atom stereocenters. The van der Waals surface area contributed by atoms with Crippen molar-refractivity contribution in [3.8, 4) is 34.9 Å². The smallest absolute Gasteiger partial charge is 0.103 e. The monoisotopic (exact) mass is 790 g/mol. The first-order valence-electron chi connectivity index (χ1n) is 21.1. The predicted octanol–water partition coefficient (Wildman–Crippen LogP) is 13.6. The molecule has 62 heavy (non-hydrogen) atoms. The maximum Gasteiger partial charge on any atom is 0.103 e. The fourth-order valence-corrected chi connectivity index (χ4v) is 10.7. The van der Waals surface area contributed by atoms with Crippen molar-refractivity contribution in [3.05, 3.63) is 198 Å². The molecule has 6 heteroatoms. The predicted molar refractivity (Wildman–Crippen MR) is 253 cm³/mol. The molecule has 0 fully saturated rings. The highest BCUT2D eigenvalue weighted by Crippen LogP contribution is 2.49. The molecule has 0 N–H and O–H groups in total. The highest BCUT2D eigenvalue weighted by atomic mass is 15.1. The highest BCUT2D eigenvalue weighted by Gasteiger charge is 2.35. The van der Waals surface area contributed by atoms with E-state index in [2.05, 4.69) is 212 Å². The minimum atomic E-state index is 0.307. The van der Waals surface area contributed by atoms with Crippen molar-refractivity contribution in [1.29, 1.82) is 10.5 Å². The minimum Gasteiger partial charge on any atom is -0.306 e. The van der Waals surface area contributed by atoms with Gasteiger partial charge in [0, 0.05) is 43.4 Å². The zero-order valence-electron chi connectivity index (χ0n) is 33.4. The van der Waals surface area contributed by atoms with E-state index < -0.39 is 0 Å². The van der Waals surface area contributed by atoms with E-state index in [4.69, 9.17) is 0 Å². The number of para-hydroxylation sites is 7. The van der Waals surface area contributed by atoms with Gasteiger partial charge in [-0.25, -0.2) is 0 Å². The Hall–Kier alpha value is -8.58. The van der Waals surface area contributed by atoms with Crippen LogP contribution in [-0.2, 0) is 6.42 Å². The van der Waals surface area contributed by atoms with Crippen molar-refractivity contribution in [3.63, 3.8) is 0 Å². The summed E-state index contributed by atoms with van der Waals surface area (Å²) in [6, 6.07) is 65.0. The highest BCUT2D eigenvalue weighted by molar-refractivity contribution is 6.15. The lowest BCUT2D eigenvalue weighted by Crippen LogP contribution is -2.17. The van der Waals surface area contributed by atoms with Crippen molar-refractivity contribution >= 4 is 82.4 Å². The van der Waals surface area contributed by atoms with Gasteiger partial charge in [0.2, 0.25) is 0 Å². The summed E-state index contributed by atoms with van der Waals surface area (Å²) in [6.45, 7) is 0. The van der Waals surface area contributed by atoms with E-state index in [1.54, 1.807) is 0 Å². The van der Waals surface area contributed by atoms with Crippen LogP contribution in [0, 0.1) is 22.7 Å². The lowest BCUT2D eigenvalue weighted by Gasteiger charge is -2.28. The maximum atomic E-state index is 11.9. The van der Waals surface area contributed by atoms with Crippen LogP contribution in [0.25, 0.3) is 105 Å². The first-order valence-corrected chi connectivity index (χ1v) is 21.1. The number of allylic oxidation sites excluding steroid dienone is 1. The number of aryl methyl sites for hydroxylation is 1. The molecule has 0 atom stereocenters. The first-order chi connectivity index (χ1) is 30.8. The van der Waals surface area contributed by atoms with E-state index in [-0.39, 0.29) is 0 Å². The Kier molecular flexibility index (Phi) is 7.17.